The number of nitrogens with one attached hydrogen (secondary N) is 2. The zero-order valence-corrected chi connectivity index (χ0v) is 22.5. The van der Waals surface area contributed by atoms with Crippen LogP contribution in [0.25, 0.3) is 16.9 Å². The Balaban J connectivity index is 1.27. The number of halogens is 1. The molecule has 2 heterocycles. The molecule has 5 aromatic rings. The highest BCUT2D eigenvalue weighted by molar-refractivity contribution is 7.89. The molecule has 0 unspecified atom stereocenters. The fourth-order valence-corrected chi connectivity index (χ4v) is 5.26. The zero-order valence-electron chi connectivity index (χ0n) is 20.9. The van der Waals surface area contributed by atoms with Gasteiger partial charge in [0.15, 0.2) is 11.4 Å². The molecule has 2 radical (unpaired) electrons. The summed E-state index contributed by atoms with van der Waals surface area (Å²) in [5, 5.41) is 8.30. The third kappa shape index (κ3) is 5.88. The van der Waals surface area contributed by atoms with Crippen molar-refractivity contribution in [3.63, 3.8) is 0 Å². The molecule has 0 saturated heterocycles. The Hall–Kier alpha value is -3.99. The van der Waals surface area contributed by atoms with E-state index in [0.717, 1.165) is 16.7 Å². The Kier molecular flexibility index (Phi) is 7.52. The minimum absolute atomic E-state index is 0.104. The van der Waals surface area contributed by atoms with Gasteiger partial charge in [0.1, 0.15) is 13.7 Å². The van der Waals surface area contributed by atoms with Crippen molar-refractivity contribution in [3.8, 4) is 11.3 Å². The number of rotatable bonds is 9. The number of aromatic nitrogens is 3. The van der Waals surface area contributed by atoms with Crippen LogP contribution >= 0.6 is 11.6 Å². The van der Waals surface area contributed by atoms with Crippen molar-refractivity contribution >= 4 is 52.2 Å². The van der Waals surface area contributed by atoms with E-state index in [9.17, 15) is 13.2 Å². The topological polar surface area (TPSA) is 105 Å². The number of hydrogen-bond acceptors (Lipinski definition) is 6. The summed E-state index contributed by atoms with van der Waals surface area (Å²) in [6, 6.07) is 22.7. The van der Waals surface area contributed by atoms with Crippen molar-refractivity contribution < 1.29 is 13.2 Å². The summed E-state index contributed by atoms with van der Waals surface area (Å²) < 4.78 is 29.5. The Morgan fingerprint density at radius 3 is 2.31 bits per heavy atom. The number of carbonyl (C=O) groups is 1. The molecule has 0 fully saturated rings. The van der Waals surface area contributed by atoms with Crippen LogP contribution in [-0.2, 0) is 23.1 Å². The normalized spacial score (nSPS) is 11.5. The highest BCUT2D eigenvalue weighted by atomic mass is 35.5. The predicted molar refractivity (Wildman–Crippen MR) is 153 cm³/mol. The molecule has 0 atom stereocenters. The number of sulfonamides is 1. The largest absolute Gasteiger partial charge is 0.366 e. The maximum atomic E-state index is 12.6. The van der Waals surface area contributed by atoms with Gasteiger partial charge in [0.25, 0.3) is 0 Å². The number of hydrogen-bond donors (Lipinski definition) is 2. The van der Waals surface area contributed by atoms with Crippen LogP contribution in [0.2, 0.25) is 5.02 Å². The summed E-state index contributed by atoms with van der Waals surface area (Å²) in [7, 11) is 2.38. The molecule has 0 aliphatic carbocycles. The van der Waals surface area contributed by atoms with E-state index in [-0.39, 0.29) is 17.2 Å². The maximum absolute atomic E-state index is 12.6. The molecule has 8 nitrogen and oxygen atoms in total. The lowest BCUT2D eigenvalue weighted by Crippen LogP contribution is -2.23. The summed E-state index contributed by atoms with van der Waals surface area (Å²) >= 11 is 6.40. The van der Waals surface area contributed by atoms with Crippen LogP contribution in [0.15, 0.2) is 90.0 Å². The second-order valence-corrected chi connectivity index (χ2v) is 11.1. The lowest BCUT2D eigenvalue weighted by atomic mass is 10.0. The first-order valence-corrected chi connectivity index (χ1v) is 13.9. The van der Waals surface area contributed by atoms with E-state index in [0.29, 0.717) is 39.8 Å². The number of nitrogens with zero attached hydrogens (tertiary/aromatic N) is 3. The van der Waals surface area contributed by atoms with E-state index < -0.39 is 10.0 Å². The second-order valence-electron chi connectivity index (χ2n) is 8.92. The second kappa shape index (κ2) is 11.0. The van der Waals surface area contributed by atoms with Gasteiger partial charge in [-0.2, -0.15) is 9.61 Å². The van der Waals surface area contributed by atoms with Gasteiger partial charge in [-0.05, 0) is 41.7 Å². The molecular formula is C28H23BClN5O3S. The van der Waals surface area contributed by atoms with Gasteiger partial charge in [0, 0.05) is 41.5 Å². The van der Waals surface area contributed by atoms with E-state index in [2.05, 4.69) is 20.1 Å². The van der Waals surface area contributed by atoms with Gasteiger partial charge in [-0.15, -0.1) is 0 Å². The molecule has 2 N–H and O–H groups in total. The fraction of sp³-hybridized carbons (Fsp3) is 0.107. The molecule has 0 aliphatic heterocycles. The van der Waals surface area contributed by atoms with Crippen molar-refractivity contribution in [1.29, 1.82) is 0 Å². The van der Waals surface area contributed by atoms with Crippen LogP contribution < -0.4 is 15.5 Å². The monoisotopic (exact) mass is 555 g/mol. The van der Waals surface area contributed by atoms with Gasteiger partial charge < -0.3 is 5.32 Å². The SMILES string of the molecule is [B]c1cnn2c(NCc3ccc(CNS(=O)(=O)c4ccc(C(C)=O)cc4)cc3)cc(-c3ccccc3Cl)nc12. The Labute approximate surface area is 232 Å². The summed E-state index contributed by atoms with van der Waals surface area (Å²) in [4.78, 5) is 16.2. The molecule has 2 aromatic heterocycles. The van der Waals surface area contributed by atoms with Crippen molar-refractivity contribution in [2.45, 2.75) is 24.9 Å². The van der Waals surface area contributed by atoms with Crippen molar-refractivity contribution in [2.24, 2.45) is 0 Å². The maximum Gasteiger partial charge on any atom is 0.240 e. The van der Waals surface area contributed by atoms with Crippen LogP contribution in [0.5, 0.6) is 0 Å². The van der Waals surface area contributed by atoms with Crippen LogP contribution in [0.3, 0.4) is 0 Å². The Bertz CT molecular complexity index is 1770. The smallest absolute Gasteiger partial charge is 0.240 e. The number of ketones is 1. The number of Topliss-reactive ketones (excluding diaryl/α,β-unsaturated/α-hetero) is 1. The first kappa shape index (κ1) is 26.6. The average molecular weight is 556 g/mol. The first-order valence-electron chi connectivity index (χ1n) is 12.0. The Morgan fingerprint density at radius 1 is 0.974 bits per heavy atom. The molecule has 39 heavy (non-hydrogen) atoms. The van der Waals surface area contributed by atoms with Gasteiger partial charge in [0.05, 0.1) is 10.6 Å². The van der Waals surface area contributed by atoms with Gasteiger partial charge in [-0.25, -0.2) is 18.1 Å². The van der Waals surface area contributed by atoms with Crippen LogP contribution in [0.4, 0.5) is 5.82 Å². The molecule has 11 heteroatoms. The van der Waals surface area contributed by atoms with E-state index in [1.165, 1.54) is 31.2 Å². The zero-order chi connectivity index (χ0) is 27.6. The van der Waals surface area contributed by atoms with Crippen molar-refractivity contribution in [3.05, 3.63) is 107 Å². The van der Waals surface area contributed by atoms with Crippen molar-refractivity contribution in [1.82, 2.24) is 19.3 Å². The lowest BCUT2D eigenvalue weighted by Gasteiger charge is -2.12. The fourth-order valence-electron chi connectivity index (χ4n) is 4.01. The number of fused-ring (bicyclic) bond motifs is 1. The molecule has 5 rings (SSSR count). The molecule has 0 saturated carbocycles. The highest BCUT2D eigenvalue weighted by Crippen LogP contribution is 2.28. The third-order valence-corrected chi connectivity index (χ3v) is 7.93. The first-order chi connectivity index (χ1) is 18.7. The predicted octanol–water partition coefficient (Wildman–Crippen LogP) is 4.14. The molecule has 0 aliphatic rings. The van der Waals surface area contributed by atoms with Gasteiger partial charge in [0.2, 0.25) is 10.0 Å². The van der Waals surface area contributed by atoms with Gasteiger partial charge in [-0.3, -0.25) is 4.79 Å². The number of anilines is 1. The molecule has 3 aromatic carbocycles. The number of benzene rings is 3. The summed E-state index contributed by atoms with van der Waals surface area (Å²) in [6.07, 6.45) is 1.55. The lowest BCUT2D eigenvalue weighted by molar-refractivity contribution is 0.101. The van der Waals surface area contributed by atoms with Crippen LogP contribution in [0.1, 0.15) is 28.4 Å². The molecule has 194 valence electrons. The Morgan fingerprint density at radius 2 is 1.64 bits per heavy atom. The van der Waals surface area contributed by atoms with Gasteiger partial charge >= 0.3 is 0 Å². The average Bonchev–Trinajstić information content (AvgIpc) is 3.32. The quantitative estimate of drug-likeness (QED) is 0.209. The van der Waals surface area contributed by atoms with E-state index in [1.807, 2.05) is 54.6 Å². The summed E-state index contributed by atoms with van der Waals surface area (Å²) in [5.41, 5.74) is 4.66. The summed E-state index contributed by atoms with van der Waals surface area (Å²) in [5.74, 6) is 0.573. The van der Waals surface area contributed by atoms with E-state index >= 15 is 0 Å². The van der Waals surface area contributed by atoms with Crippen LogP contribution in [0, 0.1) is 0 Å². The molecule has 0 bridgehead atoms. The minimum Gasteiger partial charge on any atom is -0.366 e. The van der Waals surface area contributed by atoms with Crippen LogP contribution in [-0.4, -0.2) is 36.6 Å². The molecule has 0 spiro atoms. The highest BCUT2D eigenvalue weighted by Gasteiger charge is 2.15. The molecule has 0 amide bonds. The third-order valence-electron chi connectivity index (χ3n) is 6.18. The summed E-state index contributed by atoms with van der Waals surface area (Å²) in [6.45, 7) is 2.04. The molecular weight excluding hydrogens is 533 g/mol. The van der Waals surface area contributed by atoms with E-state index in [4.69, 9.17) is 19.4 Å². The standard InChI is InChI=1S/C28H23BClN5O3S/c1-18(36)21-10-12-22(13-11-21)39(37,38)33-16-20-8-6-19(7-9-20)15-31-27-14-26(23-4-2-3-5-25(23)30)34-28-24(29)17-32-35(27)28/h2-14,17,31,33H,15-16H2,1H3. The van der Waals surface area contributed by atoms with Crippen molar-refractivity contribution in [2.75, 3.05) is 5.32 Å². The minimum atomic E-state index is -3.72. The van der Waals surface area contributed by atoms with E-state index in [1.54, 1.807) is 10.7 Å². The van der Waals surface area contributed by atoms with Gasteiger partial charge in [-0.1, -0.05) is 66.2 Å². The number of carbonyl (C=O) groups excluding carboxylic acids is 1.